The third-order valence-electron chi connectivity index (χ3n) is 2.36. The summed E-state index contributed by atoms with van der Waals surface area (Å²) in [6.45, 7) is 3.81. The normalized spacial score (nSPS) is 12.0. The number of methoxy groups -OCH3 is 1. The van der Waals surface area contributed by atoms with Crippen LogP contribution in [0.5, 0.6) is 11.5 Å². The number of carboxylic acid groups (broad SMARTS) is 1. The lowest BCUT2D eigenvalue weighted by atomic mass is 10.2. The van der Waals surface area contributed by atoms with Crippen molar-refractivity contribution in [3.8, 4) is 11.5 Å². The predicted molar refractivity (Wildman–Crippen MR) is 65.3 cm³/mol. The van der Waals surface area contributed by atoms with E-state index in [1.165, 1.54) is 19.2 Å². The molecule has 1 aromatic rings. The van der Waals surface area contributed by atoms with Gasteiger partial charge in [0.05, 0.1) is 13.2 Å². The van der Waals surface area contributed by atoms with E-state index in [1.54, 1.807) is 0 Å². The Morgan fingerprint density at radius 2 is 2.18 bits per heavy atom. The van der Waals surface area contributed by atoms with Crippen molar-refractivity contribution in [3.63, 3.8) is 0 Å². The Hall–Kier alpha value is -1.42. The summed E-state index contributed by atoms with van der Waals surface area (Å²) in [5.41, 5.74) is 0.00894. The van der Waals surface area contributed by atoms with Crippen LogP contribution in [-0.2, 0) is 0 Å². The third kappa shape index (κ3) is 3.27. The minimum atomic E-state index is -1.09. The number of carbonyl (C=O) groups is 1. The van der Waals surface area contributed by atoms with Crippen LogP contribution in [0, 0.1) is 0 Å². The number of rotatable bonds is 5. The average molecular weight is 259 g/mol. The molecule has 1 unspecified atom stereocenters. The Labute approximate surface area is 105 Å². The van der Waals surface area contributed by atoms with Crippen LogP contribution in [0.3, 0.4) is 0 Å². The Kier molecular flexibility index (Phi) is 4.63. The first-order chi connectivity index (χ1) is 7.99. The molecule has 0 heterocycles. The third-order valence-corrected chi connectivity index (χ3v) is 2.58. The topological polar surface area (TPSA) is 55.8 Å². The average Bonchev–Trinajstić information content (AvgIpc) is 2.30. The predicted octanol–water partition coefficient (Wildman–Crippen LogP) is 3.22. The Morgan fingerprint density at radius 3 is 2.65 bits per heavy atom. The molecule has 5 heteroatoms. The maximum Gasteiger partial charge on any atom is 0.339 e. The maximum absolute atomic E-state index is 11.1. The molecule has 0 spiro atoms. The van der Waals surface area contributed by atoms with Crippen LogP contribution in [-0.4, -0.2) is 24.3 Å². The van der Waals surface area contributed by atoms with E-state index in [4.69, 9.17) is 26.2 Å². The molecule has 0 fully saturated rings. The summed E-state index contributed by atoms with van der Waals surface area (Å²) in [4.78, 5) is 11.1. The lowest BCUT2D eigenvalue weighted by molar-refractivity contribution is 0.0688. The van der Waals surface area contributed by atoms with Gasteiger partial charge in [0.1, 0.15) is 5.56 Å². The molecule has 0 aliphatic rings. The van der Waals surface area contributed by atoms with Gasteiger partial charge in [-0.05, 0) is 19.4 Å². The second-order valence-corrected chi connectivity index (χ2v) is 4.06. The number of hydrogen-bond acceptors (Lipinski definition) is 3. The van der Waals surface area contributed by atoms with E-state index >= 15 is 0 Å². The number of hydrogen-bond donors (Lipinski definition) is 1. The minimum Gasteiger partial charge on any atom is -0.493 e. The molecule has 0 bridgehead atoms. The van der Waals surface area contributed by atoms with Crippen molar-refractivity contribution in [1.29, 1.82) is 0 Å². The van der Waals surface area contributed by atoms with Crippen molar-refractivity contribution in [2.24, 2.45) is 0 Å². The molecule has 0 saturated heterocycles. The molecule has 0 radical (unpaired) electrons. The number of aromatic carboxylic acids is 1. The fraction of sp³-hybridized carbons (Fsp3) is 0.417. The zero-order chi connectivity index (χ0) is 13.0. The van der Waals surface area contributed by atoms with Crippen LogP contribution >= 0.6 is 11.6 Å². The first kappa shape index (κ1) is 13.6. The van der Waals surface area contributed by atoms with Gasteiger partial charge in [0.15, 0.2) is 11.5 Å². The van der Waals surface area contributed by atoms with E-state index < -0.39 is 5.97 Å². The summed E-state index contributed by atoms with van der Waals surface area (Å²) < 4.78 is 10.7. The van der Waals surface area contributed by atoms with Gasteiger partial charge >= 0.3 is 5.97 Å². The van der Waals surface area contributed by atoms with Crippen molar-refractivity contribution in [2.75, 3.05) is 7.11 Å². The number of benzene rings is 1. The smallest absolute Gasteiger partial charge is 0.339 e. The molecular formula is C12H15ClO4. The fourth-order valence-corrected chi connectivity index (χ4v) is 1.49. The van der Waals surface area contributed by atoms with Gasteiger partial charge < -0.3 is 14.6 Å². The molecule has 4 nitrogen and oxygen atoms in total. The van der Waals surface area contributed by atoms with Crippen LogP contribution in [0.2, 0.25) is 5.02 Å². The second-order valence-electron chi connectivity index (χ2n) is 3.63. The highest BCUT2D eigenvalue weighted by atomic mass is 35.5. The molecule has 0 amide bonds. The van der Waals surface area contributed by atoms with Crippen molar-refractivity contribution in [3.05, 3.63) is 22.7 Å². The van der Waals surface area contributed by atoms with Crippen molar-refractivity contribution in [1.82, 2.24) is 0 Å². The first-order valence-electron chi connectivity index (χ1n) is 5.27. The highest BCUT2D eigenvalue weighted by Crippen LogP contribution is 2.35. The first-order valence-corrected chi connectivity index (χ1v) is 5.64. The molecule has 0 saturated carbocycles. The van der Waals surface area contributed by atoms with Gasteiger partial charge in [-0.15, -0.1) is 0 Å². The van der Waals surface area contributed by atoms with Gasteiger partial charge in [-0.25, -0.2) is 4.79 Å². The van der Waals surface area contributed by atoms with Gasteiger partial charge in [-0.2, -0.15) is 0 Å². The molecule has 1 atom stereocenters. The minimum absolute atomic E-state index is 0.00894. The molecule has 0 aromatic heterocycles. The summed E-state index contributed by atoms with van der Waals surface area (Å²) in [5, 5.41) is 9.40. The van der Waals surface area contributed by atoms with Gasteiger partial charge in [-0.1, -0.05) is 18.5 Å². The Bertz CT molecular complexity index is 417. The largest absolute Gasteiger partial charge is 0.493 e. The quantitative estimate of drug-likeness (QED) is 0.881. The van der Waals surface area contributed by atoms with Crippen molar-refractivity contribution < 1.29 is 19.4 Å². The Morgan fingerprint density at radius 1 is 1.53 bits per heavy atom. The van der Waals surface area contributed by atoms with Gasteiger partial charge in [0, 0.05) is 11.1 Å². The fourth-order valence-electron chi connectivity index (χ4n) is 1.29. The molecule has 1 aromatic carbocycles. The summed E-state index contributed by atoms with van der Waals surface area (Å²) >= 11 is 5.82. The lowest BCUT2D eigenvalue weighted by Gasteiger charge is -2.17. The highest BCUT2D eigenvalue weighted by molar-refractivity contribution is 6.31. The van der Waals surface area contributed by atoms with E-state index in [1.807, 2.05) is 13.8 Å². The number of halogens is 1. The van der Waals surface area contributed by atoms with Crippen LogP contribution in [0.4, 0.5) is 0 Å². The van der Waals surface area contributed by atoms with E-state index in [0.717, 1.165) is 6.42 Å². The SMILES string of the molecule is CCC(C)Oc1c(OC)cc(Cl)cc1C(=O)O. The van der Waals surface area contributed by atoms with Gasteiger partial charge in [0.2, 0.25) is 0 Å². The van der Waals surface area contributed by atoms with E-state index in [0.29, 0.717) is 10.8 Å². The van der Waals surface area contributed by atoms with Gasteiger partial charge in [-0.3, -0.25) is 0 Å². The van der Waals surface area contributed by atoms with Crippen LogP contribution in [0.25, 0.3) is 0 Å². The van der Waals surface area contributed by atoms with Crippen LogP contribution in [0.15, 0.2) is 12.1 Å². The maximum atomic E-state index is 11.1. The molecule has 0 aliphatic heterocycles. The van der Waals surface area contributed by atoms with Crippen LogP contribution < -0.4 is 9.47 Å². The van der Waals surface area contributed by atoms with Crippen molar-refractivity contribution in [2.45, 2.75) is 26.4 Å². The van der Waals surface area contributed by atoms with E-state index in [9.17, 15) is 4.79 Å². The molecule has 0 aliphatic carbocycles. The summed E-state index contributed by atoms with van der Waals surface area (Å²) in [7, 11) is 1.45. The molecule has 1 N–H and O–H groups in total. The Balaban J connectivity index is 3.26. The number of ether oxygens (including phenoxy) is 2. The molecule has 17 heavy (non-hydrogen) atoms. The highest BCUT2D eigenvalue weighted by Gasteiger charge is 2.19. The molecule has 1 rings (SSSR count). The number of carboxylic acids is 1. The zero-order valence-electron chi connectivity index (χ0n) is 9.99. The summed E-state index contributed by atoms with van der Waals surface area (Å²) in [6, 6.07) is 2.88. The van der Waals surface area contributed by atoms with Crippen molar-refractivity contribution >= 4 is 17.6 Å². The standard InChI is InChI=1S/C12H15ClO4/c1-4-7(2)17-11-9(12(14)15)5-8(13)6-10(11)16-3/h5-7H,4H2,1-3H3,(H,14,15). The zero-order valence-corrected chi connectivity index (χ0v) is 10.7. The second kappa shape index (κ2) is 5.77. The molecular weight excluding hydrogens is 244 g/mol. The van der Waals surface area contributed by atoms with Gasteiger partial charge in [0.25, 0.3) is 0 Å². The monoisotopic (exact) mass is 258 g/mol. The van der Waals surface area contributed by atoms with E-state index in [2.05, 4.69) is 0 Å². The summed E-state index contributed by atoms with van der Waals surface area (Å²) in [5.74, 6) is -0.543. The summed E-state index contributed by atoms with van der Waals surface area (Å²) in [6.07, 6.45) is 0.674. The van der Waals surface area contributed by atoms with E-state index in [-0.39, 0.29) is 17.4 Å². The van der Waals surface area contributed by atoms with Crippen LogP contribution in [0.1, 0.15) is 30.6 Å². The molecule has 94 valence electrons. The lowest BCUT2D eigenvalue weighted by Crippen LogP contribution is -2.13.